The van der Waals surface area contributed by atoms with Crippen molar-refractivity contribution in [2.75, 3.05) is 10.5 Å². The van der Waals surface area contributed by atoms with Gasteiger partial charge in [-0.25, -0.2) is 12.8 Å². The number of sulfonamides is 1. The van der Waals surface area contributed by atoms with Crippen LogP contribution in [0.3, 0.4) is 0 Å². The molecule has 3 N–H and O–H groups in total. The fourth-order valence-electron chi connectivity index (χ4n) is 1.52. The lowest BCUT2D eigenvalue weighted by atomic mass is 10.3. The molecule has 0 aromatic heterocycles. The lowest BCUT2D eigenvalue weighted by Gasteiger charge is -2.12. The fourth-order valence-corrected chi connectivity index (χ4v) is 4.16. The summed E-state index contributed by atoms with van der Waals surface area (Å²) in [4.78, 5) is -0.201. The second-order valence-corrected chi connectivity index (χ2v) is 7.38. The highest BCUT2D eigenvalue weighted by molar-refractivity contribution is 9.10. The molecule has 9 heteroatoms. The SMILES string of the molecule is Nc1cc(S(=O)(=O)Nc2ccc(Cl)cc2Cl)c(Br)cc1F. The first kappa shape index (κ1) is 16.4. The Balaban J connectivity index is 2.46. The second kappa shape index (κ2) is 6.00. The van der Waals surface area contributed by atoms with E-state index < -0.39 is 15.8 Å². The summed E-state index contributed by atoms with van der Waals surface area (Å²) in [5, 5.41) is 0.507. The van der Waals surface area contributed by atoms with Crippen molar-refractivity contribution in [1.29, 1.82) is 0 Å². The van der Waals surface area contributed by atoms with Crippen LogP contribution in [0.4, 0.5) is 15.8 Å². The molecule has 0 aliphatic heterocycles. The number of benzene rings is 2. The summed E-state index contributed by atoms with van der Waals surface area (Å²) in [6, 6.07) is 6.30. The van der Waals surface area contributed by atoms with E-state index in [9.17, 15) is 12.8 Å². The molecule has 0 aliphatic carbocycles. The number of hydrogen-bond acceptors (Lipinski definition) is 3. The smallest absolute Gasteiger partial charge is 0.263 e. The van der Waals surface area contributed by atoms with Crippen LogP contribution in [0.25, 0.3) is 0 Å². The van der Waals surface area contributed by atoms with Crippen molar-refractivity contribution in [3.05, 3.63) is 50.7 Å². The molecule has 0 saturated heterocycles. The van der Waals surface area contributed by atoms with Gasteiger partial charge in [0.1, 0.15) is 10.7 Å². The molecular formula is C12H8BrCl2FN2O2S. The van der Waals surface area contributed by atoms with Crippen LogP contribution in [0, 0.1) is 5.82 Å². The highest BCUT2D eigenvalue weighted by Crippen LogP contribution is 2.31. The van der Waals surface area contributed by atoms with Crippen molar-refractivity contribution in [3.63, 3.8) is 0 Å². The molecule has 0 aliphatic rings. The molecule has 0 radical (unpaired) electrons. The molecular weight excluding hydrogens is 406 g/mol. The number of anilines is 2. The number of hydrogen-bond donors (Lipinski definition) is 2. The van der Waals surface area contributed by atoms with E-state index in [2.05, 4.69) is 20.7 Å². The molecule has 0 unspecified atom stereocenters. The molecule has 0 atom stereocenters. The maximum absolute atomic E-state index is 13.3. The van der Waals surface area contributed by atoms with Crippen LogP contribution in [0.5, 0.6) is 0 Å². The zero-order valence-corrected chi connectivity index (χ0v) is 14.1. The van der Waals surface area contributed by atoms with Gasteiger partial charge in [0.15, 0.2) is 0 Å². The van der Waals surface area contributed by atoms with Crippen molar-refractivity contribution >= 4 is 60.5 Å². The van der Waals surface area contributed by atoms with Gasteiger partial charge in [0, 0.05) is 9.50 Å². The molecule has 0 amide bonds. The quantitative estimate of drug-likeness (QED) is 0.737. The molecule has 0 heterocycles. The largest absolute Gasteiger partial charge is 0.396 e. The van der Waals surface area contributed by atoms with Crippen LogP contribution in [-0.2, 0) is 10.0 Å². The van der Waals surface area contributed by atoms with Crippen LogP contribution >= 0.6 is 39.1 Å². The summed E-state index contributed by atoms with van der Waals surface area (Å²) in [6.45, 7) is 0. The first-order valence-corrected chi connectivity index (χ1v) is 8.46. The molecule has 0 saturated carbocycles. The van der Waals surface area contributed by atoms with Gasteiger partial charge in [-0.3, -0.25) is 4.72 Å². The average Bonchev–Trinajstić information content (AvgIpc) is 2.37. The van der Waals surface area contributed by atoms with Crippen LogP contribution in [-0.4, -0.2) is 8.42 Å². The summed E-state index contributed by atoms with van der Waals surface area (Å²) in [7, 11) is -3.99. The molecule has 0 spiro atoms. The van der Waals surface area contributed by atoms with Gasteiger partial charge in [-0.2, -0.15) is 0 Å². The van der Waals surface area contributed by atoms with Gasteiger partial charge in [0.2, 0.25) is 0 Å². The third-order valence-corrected chi connectivity index (χ3v) is 5.39. The van der Waals surface area contributed by atoms with Crippen LogP contribution in [0.15, 0.2) is 39.7 Å². The van der Waals surface area contributed by atoms with E-state index >= 15 is 0 Å². The van der Waals surface area contributed by atoms with Gasteiger partial charge >= 0.3 is 0 Å². The Morgan fingerprint density at radius 3 is 2.48 bits per heavy atom. The third kappa shape index (κ3) is 3.60. The van der Waals surface area contributed by atoms with Crippen molar-refractivity contribution in [2.24, 2.45) is 0 Å². The van der Waals surface area contributed by atoms with Crippen molar-refractivity contribution in [3.8, 4) is 0 Å². The molecule has 2 rings (SSSR count). The lowest BCUT2D eigenvalue weighted by Crippen LogP contribution is -2.14. The first-order valence-electron chi connectivity index (χ1n) is 5.43. The highest BCUT2D eigenvalue weighted by atomic mass is 79.9. The topological polar surface area (TPSA) is 72.2 Å². The predicted molar refractivity (Wildman–Crippen MR) is 85.8 cm³/mol. The summed E-state index contributed by atoms with van der Waals surface area (Å²) in [5.41, 5.74) is 5.27. The van der Waals surface area contributed by atoms with Crippen molar-refractivity contribution < 1.29 is 12.8 Å². The van der Waals surface area contributed by atoms with Gasteiger partial charge < -0.3 is 5.73 Å². The van der Waals surface area contributed by atoms with Gasteiger partial charge in [0.25, 0.3) is 10.0 Å². The highest BCUT2D eigenvalue weighted by Gasteiger charge is 2.21. The van der Waals surface area contributed by atoms with E-state index in [-0.39, 0.29) is 25.8 Å². The Kier molecular flexibility index (Phi) is 4.67. The number of nitrogen functional groups attached to an aromatic ring is 1. The summed E-state index contributed by atoms with van der Waals surface area (Å²) < 4.78 is 40.2. The Labute approximate surface area is 139 Å². The summed E-state index contributed by atoms with van der Waals surface area (Å²) in [6.07, 6.45) is 0. The summed E-state index contributed by atoms with van der Waals surface area (Å²) >= 11 is 14.6. The summed E-state index contributed by atoms with van der Waals surface area (Å²) in [5.74, 6) is -0.717. The number of halogens is 4. The van der Waals surface area contributed by atoms with Crippen molar-refractivity contribution in [1.82, 2.24) is 0 Å². The molecule has 4 nitrogen and oxygen atoms in total. The zero-order valence-electron chi connectivity index (χ0n) is 10.2. The zero-order chi connectivity index (χ0) is 15.8. The minimum Gasteiger partial charge on any atom is -0.396 e. The molecule has 0 fully saturated rings. The maximum atomic E-state index is 13.3. The normalized spacial score (nSPS) is 11.4. The van der Waals surface area contributed by atoms with Gasteiger partial charge in [-0.05, 0) is 46.3 Å². The Morgan fingerprint density at radius 1 is 1.19 bits per heavy atom. The lowest BCUT2D eigenvalue weighted by molar-refractivity contribution is 0.599. The van der Waals surface area contributed by atoms with Crippen molar-refractivity contribution in [2.45, 2.75) is 4.90 Å². The van der Waals surface area contributed by atoms with E-state index in [4.69, 9.17) is 28.9 Å². The predicted octanol–water partition coefficient (Wildman–Crippen LogP) is 4.28. The minimum absolute atomic E-state index is 0.0479. The standard InChI is InChI=1S/C12H8BrCl2FN2O2S/c13-7-4-9(16)10(17)5-12(7)21(19,20)18-11-2-1-6(14)3-8(11)15/h1-5,18H,17H2. The number of rotatable bonds is 3. The maximum Gasteiger partial charge on any atom is 0.263 e. The second-order valence-electron chi connectivity index (χ2n) is 4.03. The minimum atomic E-state index is -3.99. The monoisotopic (exact) mass is 412 g/mol. The Morgan fingerprint density at radius 2 is 1.86 bits per heavy atom. The van der Waals surface area contributed by atoms with Gasteiger partial charge in [0.05, 0.1) is 16.4 Å². The van der Waals surface area contributed by atoms with E-state index in [0.717, 1.165) is 12.1 Å². The van der Waals surface area contributed by atoms with Crippen LogP contribution in [0.2, 0.25) is 10.0 Å². The van der Waals surface area contributed by atoms with Crippen LogP contribution in [0.1, 0.15) is 0 Å². The van der Waals surface area contributed by atoms with E-state index in [1.807, 2.05) is 0 Å². The first-order chi connectivity index (χ1) is 9.70. The molecule has 112 valence electrons. The van der Waals surface area contributed by atoms with Gasteiger partial charge in [-0.1, -0.05) is 23.2 Å². The average molecular weight is 414 g/mol. The van der Waals surface area contributed by atoms with E-state index in [0.29, 0.717) is 5.02 Å². The third-order valence-electron chi connectivity index (χ3n) is 2.52. The number of nitrogens with one attached hydrogen (secondary N) is 1. The Hall–Kier alpha value is -1.02. The molecule has 21 heavy (non-hydrogen) atoms. The van der Waals surface area contributed by atoms with Crippen LogP contribution < -0.4 is 10.5 Å². The Bertz CT molecular complexity index is 815. The fraction of sp³-hybridized carbons (Fsp3) is 0. The molecule has 0 bridgehead atoms. The van der Waals surface area contributed by atoms with E-state index in [1.165, 1.54) is 18.2 Å². The molecule has 2 aromatic rings. The van der Waals surface area contributed by atoms with Gasteiger partial charge in [-0.15, -0.1) is 0 Å². The molecule has 2 aromatic carbocycles. The van der Waals surface area contributed by atoms with E-state index in [1.54, 1.807) is 0 Å². The number of nitrogens with two attached hydrogens (primary N) is 1.